The highest BCUT2D eigenvalue weighted by molar-refractivity contribution is 7.16. The number of hydrogen-bond acceptors (Lipinski definition) is 3. The number of aliphatic imine (C=N–C) groups is 1. The molecule has 0 spiro atoms. The molecule has 0 saturated carbocycles. The van der Waals surface area contributed by atoms with Crippen LogP contribution in [0.5, 0.6) is 0 Å². The fourth-order valence-electron chi connectivity index (χ4n) is 3.57. The summed E-state index contributed by atoms with van der Waals surface area (Å²) in [6, 6.07) is 12.1. The van der Waals surface area contributed by atoms with Gasteiger partial charge in [-0.05, 0) is 86.1 Å². The standard InChI is InChI=1S/C24H23FN2OS/c1-15-7-12-19(13-16(15)2)27-23(28)22-20-5-3-4-6-21(20)29-24(22)26-14-17-8-10-18(25)11-9-17/h7-14H,3-6H2,1-2H3,(H,27,28)/b26-14+. The molecule has 0 fully saturated rings. The van der Waals surface area contributed by atoms with E-state index in [0.29, 0.717) is 5.56 Å². The van der Waals surface area contributed by atoms with Crippen LogP contribution in [0, 0.1) is 19.7 Å². The summed E-state index contributed by atoms with van der Waals surface area (Å²) in [6.45, 7) is 4.09. The van der Waals surface area contributed by atoms with Gasteiger partial charge in [0.05, 0.1) is 5.56 Å². The highest BCUT2D eigenvalue weighted by Crippen LogP contribution is 2.40. The zero-order valence-corrected chi connectivity index (χ0v) is 17.4. The van der Waals surface area contributed by atoms with E-state index in [0.717, 1.165) is 53.1 Å². The molecule has 1 aromatic heterocycles. The SMILES string of the molecule is Cc1ccc(NC(=O)c2c(/N=C/c3ccc(F)cc3)sc3c2CCCC3)cc1C. The quantitative estimate of drug-likeness (QED) is 0.502. The molecule has 0 atom stereocenters. The highest BCUT2D eigenvalue weighted by atomic mass is 32.1. The van der Waals surface area contributed by atoms with Crippen molar-refractivity contribution < 1.29 is 9.18 Å². The van der Waals surface area contributed by atoms with Crippen molar-refractivity contribution in [2.45, 2.75) is 39.5 Å². The summed E-state index contributed by atoms with van der Waals surface area (Å²) in [7, 11) is 0. The average Bonchev–Trinajstić information content (AvgIpc) is 3.09. The fraction of sp³-hybridized carbons (Fsp3) is 0.250. The second kappa shape index (κ2) is 8.29. The number of nitrogens with zero attached hydrogens (tertiary/aromatic N) is 1. The first-order valence-electron chi connectivity index (χ1n) is 9.84. The van der Waals surface area contributed by atoms with Crippen molar-refractivity contribution in [3.8, 4) is 0 Å². The minimum Gasteiger partial charge on any atom is -0.322 e. The maximum atomic E-state index is 13.2. The molecule has 1 amide bonds. The largest absolute Gasteiger partial charge is 0.322 e. The zero-order chi connectivity index (χ0) is 20.4. The molecule has 0 aliphatic heterocycles. The van der Waals surface area contributed by atoms with Gasteiger partial charge >= 0.3 is 0 Å². The van der Waals surface area contributed by atoms with Crippen LogP contribution in [0.1, 0.15) is 50.3 Å². The van der Waals surface area contributed by atoms with E-state index in [9.17, 15) is 9.18 Å². The van der Waals surface area contributed by atoms with Crippen molar-refractivity contribution in [1.82, 2.24) is 0 Å². The molecular weight excluding hydrogens is 383 g/mol. The Bertz CT molecular complexity index is 1080. The molecule has 3 nitrogen and oxygen atoms in total. The number of halogens is 1. The molecule has 0 radical (unpaired) electrons. The van der Waals surface area contributed by atoms with Crippen LogP contribution in [0.15, 0.2) is 47.5 Å². The van der Waals surface area contributed by atoms with E-state index in [1.54, 1.807) is 29.7 Å². The molecule has 29 heavy (non-hydrogen) atoms. The summed E-state index contributed by atoms with van der Waals surface area (Å²) in [5, 5.41) is 3.78. The Labute approximate surface area is 174 Å². The minimum absolute atomic E-state index is 0.112. The van der Waals surface area contributed by atoms with Crippen LogP contribution >= 0.6 is 11.3 Å². The lowest BCUT2D eigenvalue weighted by atomic mass is 9.95. The molecular formula is C24H23FN2OS. The maximum Gasteiger partial charge on any atom is 0.259 e. The van der Waals surface area contributed by atoms with Crippen LogP contribution in [-0.4, -0.2) is 12.1 Å². The number of carbonyl (C=O) groups is 1. The Balaban J connectivity index is 1.67. The summed E-state index contributed by atoms with van der Waals surface area (Å²) < 4.78 is 13.1. The Morgan fingerprint density at radius 1 is 1.07 bits per heavy atom. The fourth-order valence-corrected chi connectivity index (χ4v) is 4.80. The molecule has 148 valence electrons. The number of hydrogen-bond donors (Lipinski definition) is 1. The number of amides is 1. The smallest absolute Gasteiger partial charge is 0.259 e. The third kappa shape index (κ3) is 4.30. The summed E-state index contributed by atoms with van der Waals surface area (Å²) in [4.78, 5) is 19.1. The van der Waals surface area contributed by atoms with E-state index in [1.807, 2.05) is 25.1 Å². The van der Waals surface area contributed by atoms with Crippen molar-refractivity contribution in [2.75, 3.05) is 5.32 Å². The van der Waals surface area contributed by atoms with Gasteiger partial charge in [-0.3, -0.25) is 4.79 Å². The van der Waals surface area contributed by atoms with Gasteiger partial charge in [-0.1, -0.05) is 18.2 Å². The first-order valence-corrected chi connectivity index (χ1v) is 10.7. The van der Waals surface area contributed by atoms with Crippen LogP contribution in [0.2, 0.25) is 0 Å². The van der Waals surface area contributed by atoms with Crippen LogP contribution in [0.3, 0.4) is 0 Å². The van der Waals surface area contributed by atoms with Gasteiger partial charge in [0.15, 0.2) is 0 Å². The van der Waals surface area contributed by atoms with Crippen molar-refractivity contribution >= 4 is 34.1 Å². The van der Waals surface area contributed by atoms with Gasteiger partial charge in [0, 0.05) is 16.8 Å². The van der Waals surface area contributed by atoms with E-state index >= 15 is 0 Å². The first-order chi connectivity index (χ1) is 14.0. The normalized spacial score (nSPS) is 13.5. The van der Waals surface area contributed by atoms with Gasteiger partial charge in [0.1, 0.15) is 10.8 Å². The molecule has 4 rings (SSSR count). The second-order valence-corrected chi connectivity index (χ2v) is 8.54. The highest BCUT2D eigenvalue weighted by Gasteiger charge is 2.25. The van der Waals surface area contributed by atoms with Gasteiger partial charge in [-0.15, -0.1) is 11.3 Å². The van der Waals surface area contributed by atoms with Gasteiger partial charge in [0.2, 0.25) is 0 Å². The number of benzene rings is 2. The lowest BCUT2D eigenvalue weighted by molar-refractivity contribution is 0.102. The number of anilines is 1. The molecule has 1 N–H and O–H groups in total. The zero-order valence-electron chi connectivity index (χ0n) is 16.6. The van der Waals surface area contributed by atoms with Crippen LogP contribution < -0.4 is 5.32 Å². The topological polar surface area (TPSA) is 41.5 Å². The van der Waals surface area contributed by atoms with Gasteiger partial charge in [0.25, 0.3) is 5.91 Å². The summed E-state index contributed by atoms with van der Waals surface area (Å²) in [5.41, 5.74) is 5.75. The van der Waals surface area contributed by atoms with Gasteiger partial charge in [-0.25, -0.2) is 9.38 Å². The Morgan fingerprint density at radius 3 is 2.59 bits per heavy atom. The van der Waals surface area contributed by atoms with Gasteiger partial charge in [-0.2, -0.15) is 0 Å². The Kier molecular flexibility index (Phi) is 5.58. The molecule has 1 aliphatic carbocycles. The summed E-state index contributed by atoms with van der Waals surface area (Å²) in [5.74, 6) is -0.388. The lowest BCUT2D eigenvalue weighted by Gasteiger charge is -2.13. The molecule has 0 saturated heterocycles. The number of carbonyl (C=O) groups excluding carboxylic acids is 1. The van der Waals surface area contributed by atoms with Gasteiger partial charge < -0.3 is 5.32 Å². The van der Waals surface area contributed by atoms with Crippen molar-refractivity contribution in [1.29, 1.82) is 0 Å². The molecule has 3 aromatic rings. The van der Waals surface area contributed by atoms with E-state index in [4.69, 9.17) is 0 Å². The predicted molar refractivity (Wildman–Crippen MR) is 118 cm³/mol. The van der Waals surface area contributed by atoms with E-state index in [-0.39, 0.29) is 11.7 Å². The van der Waals surface area contributed by atoms with Crippen molar-refractivity contribution in [3.05, 3.63) is 81.0 Å². The van der Waals surface area contributed by atoms with E-state index < -0.39 is 0 Å². The summed E-state index contributed by atoms with van der Waals surface area (Å²) in [6.07, 6.45) is 5.84. The maximum absolute atomic E-state index is 13.2. The number of fused-ring (bicyclic) bond motifs is 1. The summed E-state index contributed by atoms with van der Waals surface area (Å²) >= 11 is 1.60. The number of thiophene rings is 1. The minimum atomic E-state index is -0.276. The molecule has 2 aromatic carbocycles. The third-order valence-corrected chi connectivity index (χ3v) is 6.55. The molecule has 0 bridgehead atoms. The van der Waals surface area contributed by atoms with Crippen LogP contribution in [-0.2, 0) is 12.8 Å². The number of nitrogens with one attached hydrogen (secondary N) is 1. The molecule has 0 unspecified atom stereocenters. The average molecular weight is 407 g/mol. The Hall–Kier alpha value is -2.79. The van der Waals surface area contributed by atoms with Crippen molar-refractivity contribution in [2.24, 2.45) is 4.99 Å². The van der Waals surface area contributed by atoms with Crippen LogP contribution in [0.4, 0.5) is 15.1 Å². The second-order valence-electron chi connectivity index (χ2n) is 7.45. The molecule has 5 heteroatoms. The molecule has 1 heterocycles. The number of rotatable bonds is 4. The van der Waals surface area contributed by atoms with E-state index in [2.05, 4.69) is 17.2 Å². The van der Waals surface area contributed by atoms with E-state index in [1.165, 1.54) is 22.6 Å². The molecule has 1 aliphatic rings. The number of aryl methyl sites for hydroxylation is 3. The predicted octanol–water partition coefficient (Wildman–Crippen LogP) is 6.39. The lowest BCUT2D eigenvalue weighted by Crippen LogP contribution is -2.15. The monoisotopic (exact) mass is 406 g/mol. The van der Waals surface area contributed by atoms with Crippen molar-refractivity contribution in [3.63, 3.8) is 0 Å². The van der Waals surface area contributed by atoms with Crippen LogP contribution in [0.25, 0.3) is 0 Å². The Morgan fingerprint density at radius 2 is 1.83 bits per heavy atom. The third-order valence-electron chi connectivity index (χ3n) is 5.35. The first kappa shape index (κ1) is 19.5.